The van der Waals surface area contributed by atoms with E-state index in [1.54, 1.807) is 0 Å². The standard InChI is InChI=1S/C11H22N2O4S/c1-9(2)8-17-12-11(14)10-4-6-13(7-5-10)18(3,15)16/h9-10H,4-8H2,1-3H3,(H,12,14). The maximum atomic E-state index is 11.7. The van der Waals surface area contributed by atoms with Gasteiger partial charge in [0.25, 0.3) is 0 Å². The molecule has 0 saturated carbocycles. The molecule has 0 aromatic rings. The fourth-order valence-corrected chi connectivity index (χ4v) is 2.69. The summed E-state index contributed by atoms with van der Waals surface area (Å²) in [6.45, 7) is 5.28. The van der Waals surface area contributed by atoms with Gasteiger partial charge in [0, 0.05) is 19.0 Å². The molecule has 1 heterocycles. The highest BCUT2D eigenvalue weighted by atomic mass is 32.2. The third-order valence-electron chi connectivity index (χ3n) is 2.88. The molecule has 7 heteroatoms. The van der Waals surface area contributed by atoms with Gasteiger partial charge in [-0.05, 0) is 18.8 Å². The predicted molar refractivity (Wildman–Crippen MR) is 68.1 cm³/mol. The van der Waals surface area contributed by atoms with Crippen molar-refractivity contribution < 1.29 is 18.0 Å². The molecule has 18 heavy (non-hydrogen) atoms. The summed E-state index contributed by atoms with van der Waals surface area (Å²) >= 11 is 0. The second-order valence-electron chi connectivity index (χ2n) is 5.11. The van der Waals surface area contributed by atoms with E-state index in [1.807, 2.05) is 13.8 Å². The molecule has 0 aliphatic carbocycles. The largest absolute Gasteiger partial charge is 0.273 e. The number of piperidine rings is 1. The molecule has 1 aliphatic heterocycles. The van der Waals surface area contributed by atoms with E-state index in [4.69, 9.17) is 4.84 Å². The summed E-state index contributed by atoms with van der Waals surface area (Å²) < 4.78 is 24.0. The van der Waals surface area contributed by atoms with E-state index < -0.39 is 10.0 Å². The first-order valence-corrected chi connectivity index (χ1v) is 8.02. The fraction of sp³-hybridized carbons (Fsp3) is 0.909. The Morgan fingerprint density at radius 3 is 2.39 bits per heavy atom. The van der Waals surface area contributed by atoms with Crippen molar-refractivity contribution in [2.24, 2.45) is 11.8 Å². The van der Waals surface area contributed by atoms with Crippen LogP contribution in [0.1, 0.15) is 26.7 Å². The van der Waals surface area contributed by atoms with Gasteiger partial charge in [-0.2, -0.15) is 0 Å². The van der Waals surface area contributed by atoms with Crippen LogP contribution < -0.4 is 5.48 Å². The van der Waals surface area contributed by atoms with Gasteiger partial charge < -0.3 is 0 Å². The molecule has 0 atom stereocenters. The number of hydrogen-bond acceptors (Lipinski definition) is 4. The van der Waals surface area contributed by atoms with Gasteiger partial charge in [-0.1, -0.05) is 13.8 Å². The molecule has 1 N–H and O–H groups in total. The highest BCUT2D eigenvalue weighted by Gasteiger charge is 2.28. The molecule has 1 rings (SSSR count). The van der Waals surface area contributed by atoms with Gasteiger partial charge in [-0.15, -0.1) is 0 Å². The van der Waals surface area contributed by atoms with Crippen molar-refractivity contribution in [3.63, 3.8) is 0 Å². The summed E-state index contributed by atoms with van der Waals surface area (Å²) in [7, 11) is -3.13. The molecule has 0 aromatic heterocycles. The molecule has 1 saturated heterocycles. The number of rotatable bonds is 5. The van der Waals surface area contributed by atoms with Gasteiger partial charge in [0.1, 0.15) is 0 Å². The van der Waals surface area contributed by atoms with Crippen LogP contribution in [0.4, 0.5) is 0 Å². The van der Waals surface area contributed by atoms with E-state index >= 15 is 0 Å². The number of sulfonamides is 1. The molecular weight excluding hydrogens is 256 g/mol. The van der Waals surface area contributed by atoms with Crippen LogP contribution in [0.5, 0.6) is 0 Å². The Labute approximate surface area is 109 Å². The molecule has 0 unspecified atom stereocenters. The Bertz CT molecular complexity index is 373. The quantitative estimate of drug-likeness (QED) is 0.737. The summed E-state index contributed by atoms with van der Waals surface area (Å²) in [4.78, 5) is 16.8. The van der Waals surface area contributed by atoms with E-state index in [0.29, 0.717) is 38.5 Å². The van der Waals surface area contributed by atoms with Crippen molar-refractivity contribution in [1.82, 2.24) is 9.79 Å². The van der Waals surface area contributed by atoms with Crippen LogP contribution in [0, 0.1) is 11.8 Å². The maximum Gasteiger partial charge on any atom is 0.246 e. The van der Waals surface area contributed by atoms with E-state index in [2.05, 4.69) is 5.48 Å². The van der Waals surface area contributed by atoms with Crippen molar-refractivity contribution >= 4 is 15.9 Å². The minimum Gasteiger partial charge on any atom is -0.273 e. The minimum atomic E-state index is -3.13. The third kappa shape index (κ3) is 4.91. The van der Waals surface area contributed by atoms with E-state index in [9.17, 15) is 13.2 Å². The maximum absolute atomic E-state index is 11.7. The first-order valence-electron chi connectivity index (χ1n) is 6.17. The number of amides is 1. The number of carbonyl (C=O) groups excluding carboxylic acids is 1. The molecule has 0 bridgehead atoms. The van der Waals surface area contributed by atoms with Gasteiger partial charge in [-0.3, -0.25) is 9.63 Å². The monoisotopic (exact) mass is 278 g/mol. The zero-order chi connectivity index (χ0) is 13.8. The smallest absolute Gasteiger partial charge is 0.246 e. The van der Waals surface area contributed by atoms with Crippen LogP contribution in [-0.4, -0.2) is 44.6 Å². The molecular formula is C11H22N2O4S. The predicted octanol–water partition coefficient (Wildman–Crippen LogP) is 0.362. The molecule has 0 spiro atoms. The summed E-state index contributed by atoms with van der Waals surface area (Å²) in [6.07, 6.45) is 2.28. The van der Waals surface area contributed by atoms with E-state index in [0.717, 1.165) is 0 Å². The first-order chi connectivity index (χ1) is 8.30. The van der Waals surface area contributed by atoms with Gasteiger partial charge in [0.15, 0.2) is 0 Å². The Balaban J connectivity index is 2.32. The minimum absolute atomic E-state index is 0.149. The Hall–Kier alpha value is -0.660. The van der Waals surface area contributed by atoms with Crippen molar-refractivity contribution in [3.8, 4) is 0 Å². The zero-order valence-electron chi connectivity index (χ0n) is 11.2. The number of hydrogen-bond donors (Lipinski definition) is 1. The SMILES string of the molecule is CC(C)CONC(=O)C1CCN(S(C)(=O)=O)CC1. The first kappa shape index (κ1) is 15.4. The van der Waals surface area contributed by atoms with Crippen LogP contribution >= 0.6 is 0 Å². The van der Waals surface area contributed by atoms with Crippen molar-refractivity contribution in [3.05, 3.63) is 0 Å². The lowest BCUT2D eigenvalue weighted by atomic mass is 9.98. The van der Waals surface area contributed by atoms with Crippen LogP contribution in [0.3, 0.4) is 0 Å². The van der Waals surface area contributed by atoms with Crippen LogP contribution in [0.2, 0.25) is 0 Å². The van der Waals surface area contributed by atoms with Gasteiger partial charge >= 0.3 is 0 Å². The lowest BCUT2D eigenvalue weighted by molar-refractivity contribution is -0.139. The highest BCUT2D eigenvalue weighted by Crippen LogP contribution is 2.19. The van der Waals surface area contributed by atoms with Crippen molar-refractivity contribution in [1.29, 1.82) is 0 Å². The molecule has 0 aromatic carbocycles. The molecule has 1 amide bonds. The van der Waals surface area contributed by atoms with Gasteiger partial charge in [-0.25, -0.2) is 18.2 Å². The summed E-state index contributed by atoms with van der Waals surface area (Å²) in [6, 6.07) is 0. The summed E-state index contributed by atoms with van der Waals surface area (Å²) in [5.74, 6) is 0.0522. The molecule has 1 aliphatic rings. The lowest BCUT2D eigenvalue weighted by Gasteiger charge is -2.29. The average Bonchev–Trinajstić information content (AvgIpc) is 2.27. The van der Waals surface area contributed by atoms with Crippen LogP contribution in [0.15, 0.2) is 0 Å². The number of nitrogens with one attached hydrogen (secondary N) is 1. The Morgan fingerprint density at radius 2 is 1.94 bits per heavy atom. The average molecular weight is 278 g/mol. The molecule has 106 valence electrons. The Morgan fingerprint density at radius 1 is 1.39 bits per heavy atom. The number of hydroxylamine groups is 1. The van der Waals surface area contributed by atoms with Gasteiger partial charge in [0.2, 0.25) is 15.9 Å². The summed E-state index contributed by atoms with van der Waals surface area (Å²) in [5, 5.41) is 0. The van der Waals surface area contributed by atoms with Crippen LogP contribution in [-0.2, 0) is 19.7 Å². The fourth-order valence-electron chi connectivity index (χ4n) is 1.81. The van der Waals surface area contributed by atoms with Crippen molar-refractivity contribution in [2.75, 3.05) is 26.0 Å². The van der Waals surface area contributed by atoms with E-state index in [1.165, 1.54) is 10.6 Å². The van der Waals surface area contributed by atoms with Gasteiger partial charge in [0.05, 0.1) is 12.9 Å². The second-order valence-corrected chi connectivity index (χ2v) is 7.09. The van der Waals surface area contributed by atoms with E-state index in [-0.39, 0.29) is 11.8 Å². The topological polar surface area (TPSA) is 75.7 Å². The molecule has 1 fully saturated rings. The zero-order valence-corrected chi connectivity index (χ0v) is 12.0. The van der Waals surface area contributed by atoms with Crippen molar-refractivity contribution in [2.45, 2.75) is 26.7 Å². The van der Waals surface area contributed by atoms with Crippen LogP contribution in [0.25, 0.3) is 0 Å². The number of nitrogens with zero attached hydrogens (tertiary/aromatic N) is 1. The second kappa shape index (κ2) is 6.49. The molecule has 0 radical (unpaired) electrons. The normalized spacial score (nSPS) is 19.1. The summed E-state index contributed by atoms with van der Waals surface area (Å²) in [5.41, 5.74) is 2.43. The third-order valence-corrected chi connectivity index (χ3v) is 4.19. The highest BCUT2D eigenvalue weighted by molar-refractivity contribution is 7.88. The number of carbonyl (C=O) groups is 1. The molecule has 6 nitrogen and oxygen atoms in total. The lowest BCUT2D eigenvalue weighted by Crippen LogP contribution is -2.42. The Kier molecular flexibility index (Phi) is 5.55.